The standard InChI is InChI=1S/C19H18N4O2S/c1-26-19-21-8-9-23(19)16-7-3-6-15(11-16)18(25)22-12-13-4-2-5-14(10-13)17(20)24/h2-11H,12H2,1H3,(H2,20,24)(H,22,25). The van der Waals surface area contributed by atoms with Crippen molar-refractivity contribution in [2.75, 3.05) is 6.26 Å². The Balaban J connectivity index is 1.73. The summed E-state index contributed by atoms with van der Waals surface area (Å²) in [5.41, 5.74) is 7.93. The molecule has 132 valence electrons. The van der Waals surface area contributed by atoms with Crippen LogP contribution in [0.25, 0.3) is 5.69 Å². The largest absolute Gasteiger partial charge is 0.366 e. The molecule has 0 aliphatic rings. The molecule has 1 aromatic heterocycles. The Bertz CT molecular complexity index is 952. The number of nitrogens with one attached hydrogen (secondary N) is 1. The Morgan fingerprint density at radius 1 is 1.15 bits per heavy atom. The summed E-state index contributed by atoms with van der Waals surface area (Å²) in [6.45, 7) is 0.311. The smallest absolute Gasteiger partial charge is 0.251 e. The molecule has 0 spiro atoms. The Kier molecular flexibility index (Phi) is 5.38. The maximum absolute atomic E-state index is 12.5. The molecule has 0 atom stereocenters. The molecule has 3 aromatic rings. The first-order valence-corrected chi connectivity index (χ1v) is 9.15. The fourth-order valence-corrected chi connectivity index (χ4v) is 3.08. The number of nitrogens with two attached hydrogens (primary N) is 1. The predicted molar refractivity (Wildman–Crippen MR) is 101 cm³/mol. The monoisotopic (exact) mass is 366 g/mol. The summed E-state index contributed by atoms with van der Waals surface area (Å²) in [5, 5.41) is 3.71. The number of imidazole rings is 1. The lowest BCUT2D eigenvalue weighted by Crippen LogP contribution is -2.23. The maximum Gasteiger partial charge on any atom is 0.251 e. The van der Waals surface area contributed by atoms with E-state index in [-0.39, 0.29) is 5.91 Å². The summed E-state index contributed by atoms with van der Waals surface area (Å²) in [6.07, 6.45) is 5.54. The van der Waals surface area contributed by atoms with Gasteiger partial charge in [0, 0.05) is 35.8 Å². The van der Waals surface area contributed by atoms with Crippen LogP contribution in [0.3, 0.4) is 0 Å². The Morgan fingerprint density at radius 3 is 2.69 bits per heavy atom. The number of hydrogen-bond acceptors (Lipinski definition) is 4. The number of hydrogen-bond donors (Lipinski definition) is 2. The fourth-order valence-electron chi connectivity index (χ4n) is 2.55. The van der Waals surface area contributed by atoms with Crippen molar-refractivity contribution in [3.63, 3.8) is 0 Å². The molecule has 0 unspecified atom stereocenters. The molecule has 7 heteroatoms. The van der Waals surface area contributed by atoms with E-state index in [4.69, 9.17) is 5.73 Å². The molecular formula is C19H18N4O2S. The lowest BCUT2D eigenvalue weighted by molar-refractivity contribution is 0.0950. The summed E-state index contributed by atoms with van der Waals surface area (Å²) in [7, 11) is 0. The van der Waals surface area contributed by atoms with Crippen molar-refractivity contribution in [1.82, 2.24) is 14.9 Å². The van der Waals surface area contributed by atoms with Crippen LogP contribution < -0.4 is 11.1 Å². The van der Waals surface area contributed by atoms with Gasteiger partial charge in [-0.2, -0.15) is 0 Å². The third-order valence-electron chi connectivity index (χ3n) is 3.84. The molecule has 0 saturated carbocycles. The molecule has 0 bridgehead atoms. The molecule has 0 aliphatic carbocycles. The summed E-state index contributed by atoms with van der Waals surface area (Å²) < 4.78 is 1.93. The minimum atomic E-state index is -0.490. The fraction of sp³-hybridized carbons (Fsp3) is 0.105. The minimum absolute atomic E-state index is 0.192. The number of carbonyl (C=O) groups is 2. The second kappa shape index (κ2) is 7.88. The van der Waals surface area contributed by atoms with E-state index in [9.17, 15) is 9.59 Å². The van der Waals surface area contributed by atoms with Gasteiger partial charge in [0.2, 0.25) is 5.91 Å². The van der Waals surface area contributed by atoms with Gasteiger partial charge in [-0.05, 0) is 42.2 Å². The van der Waals surface area contributed by atoms with Gasteiger partial charge in [-0.15, -0.1) is 0 Å². The highest BCUT2D eigenvalue weighted by Gasteiger charge is 2.09. The van der Waals surface area contributed by atoms with Crippen molar-refractivity contribution < 1.29 is 9.59 Å². The van der Waals surface area contributed by atoms with Gasteiger partial charge in [0.1, 0.15) is 0 Å². The van der Waals surface area contributed by atoms with Crippen LogP contribution in [0.2, 0.25) is 0 Å². The quantitative estimate of drug-likeness (QED) is 0.656. The van der Waals surface area contributed by atoms with Crippen LogP contribution in [0.15, 0.2) is 66.1 Å². The van der Waals surface area contributed by atoms with Gasteiger partial charge in [-0.1, -0.05) is 30.0 Å². The molecule has 6 nitrogen and oxygen atoms in total. The number of amides is 2. The molecular weight excluding hydrogens is 348 g/mol. The van der Waals surface area contributed by atoms with E-state index in [1.807, 2.05) is 41.3 Å². The van der Waals surface area contributed by atoms with E-state index in [0.29, 0.717) is 17.7 Å². The second-order valence-corrected chi connectivity index (χ2v) is 6.35. The minimum Gasteiger partial charge on any atom is -0.366 e. The van der Waals surface area contributed by atoms with E-state index >= 15 is 0 Å². The summed E-state index contributed by atoms with van der Waals surface area (Å²) in [5.74, 6) is -0.682. The zero-order chi connectivity index (χ0) is 18.5. The highest BCUT2D eigenvalue weighted by Crippen LogP contribution is 2.19. The van der Waals surface area contributed by atoms with Gasteiger partial charge >= 0.3 is 0 Å². The van der Waals surface area contributed by atoms with Gasteiger partial charge in [0.05, 0.1) is 0 Å². The zero-order valence-electron chi connectivity index (χ0n) is 14.2. The first-order valence-electron chi connectivity index (χ1n) is 7.93. The average molecular weight is 366 g/mol. The van der Waals surface area contributed by atoms with Crippen LogP contribution in [-0.2, 0) is 6.54 Å². The normalized spacial score (nSPS) is 10.5. The van der Waals surface area contributed by atoms with Crippen LogP contribution in [0, 0.1) is 0 Å². The SMILES string of the molecule is CSc1nccn1-c1cccc(C(=O)NCc2cccc(C(N)=O)c2)c1. The lowest BCUT2D eigenvalue weighted by atomic mass is 10.1. The maximum atomic E-state index is 12.5. The lowest BCUT2D eigenvalue weighted by Gasteiger charge is -2.09. The van der Waals surface area contributed by atoms with Gasteiger partial charge in [0.15, 0.2) is 5.16 Å². The van der Waals surface area contributed by atoms with Crippen molar-refractivity contribution >= 4 is 23.6 Å². The van der Waals surface area contributed by atoms with Crippen LogP contribution in [0.1, 0.15) is 26.3 Å². The molecule has 26 heavy (non-hydrogen) atoms. The van der Waals surface area contributed by atoms with Gasteiger partial charge in [-0.25, -0.2) is 4.98 Å². The van der Waals surface area contributed by atoms with E-state index in [1.54, 1.807) is 30.5 Å². The number of aromatic nitrogens is 2. The molecule has 2 aromatic carbocycles. The third kappa shape index (κ3) is 3.94. The number of nitrogens with zero attached hydrogens (tertiary/aromatic N) is 2. The molecule has 0 aliphatic heterocycles. The van der Waals surface area contributed by atoms with Crippen molar-refractivity contribution in [3.05, 3.63) is 77.6 Å². The number of primary amides is 1. The van der Waals surface area contributed by atoms with Crippen LogP contribution in [0.5, 0.6) is 0 Å². The van der Waals surface area contributed by atoms with Crippen molar-refractivity contribution in [1.29, 1.82) is 0 Å². The average Bonchev–Trinajstić information content (AvgIpc) is 3.15. The number of rotatable bonds is 6. The van der Waals surface area contributed by atoms with E-state index in [1.165, 1.54) is 11.8 Å². The van der Waals surface area contributed by atoms with E-state index < -0.39 is 5.91 Å². The van der Waals surface area contributed by atoms with Gasteiger partial charge in [0.25, 0.3) is 5.91 Å². The molecule has 3 rings (SSSR count). The Morgan fingerprint density at radius 2 is 1.92 bits per heavy atom. The van der Waals surface area contributed by atoms with Crippen molar-refractivity contribution in [2.45, 2.75) is 11.7 Å². The molecule has 1 heterocycles. The van der Waals surface area contributed by atoms with E-state index in [2.05, 4.69) is 10.3 Å². The van der Waals surface area contributed by atoms with Gasteiger partial charge in [-0.3, -0.25) is 14.2 Å². The molecule has 0 fully saturated rings. The number of thioether (sulfide) groups is 1. The van der Waals surface area contributed by atoms with Crippen molar-refractivity contribution in [2.24, 2.45) is 5.73 Å². The van der Waals surface area contributed by atoms with Crippen molar-refractivity contribution in [3.8, 4) is 5.69 Å². The topological polar surface area (TPSA) is 90.0 Å². The summed E-state index contributed by atoms with van der Waals surface area (Å²) in [4.78, 5) is 28.0. The van der Waals surface area contributed by atoms with Crippen LogP contribution in [0.4, 0.5) is 0 Å². The van der Waals surface area contributed by atoms with Crippen LogP contribution >= 0.6 is 11.8 Å². The second-order valence-electron chi connectivity index (χ2n) is 5.58. The first-order chi connectivity index (χ1) is 12.6. The summed E-state index contributed by atoms with van der Waals surface area (Å²) >= 11 is 1.54. The summed E-state index contributed by atoms with van der Waals surface area (Å²) in [6, 6.07) is 14.2. The molecule has 3 N–H and O–H groups in total. The third-order valence-corrected chi connectivity index (χ3v) is 4.51. The van der Waals surface area contributed by atoms with Crippen LogP contribution in [-0.4, -0.2) is 27.6 Å². The molecule has 0 saturated heterocycles. The highest BCUT2D eigenvalue weighted by molar-refractivity contribution is 7.98. The predicted octanol–water partition coefficient (Wildman–Crippen LogP) is 2.62. The zero-order valence-corrected chi connectivity index (χ0v) is 15.0. The number of carbonyl (C=O) groups excluding carboxylic acids is 2. The Labute approximate surface area is 155 Å². The molecule has 2 amide bonds. The Hall–Kier alpha value is -3.06. The first kappa shape index (κ1) is 17.8. The number of benzene rings is 2. The van der Waals surface area contributed by atoms with E-state index in [0.717, 1.165) is 16.4 Å². The molecule has 0 radical (unpaired) electrons. The van der Waals surface area contributed by atoms with Gasteiger partial charge < -0.3 is 11.1 Å². The highest BCUT2D eigenvalue weighted by atomic mass is 32.2.